The van der Waals surface area contributed by atoms with Gasteiger partial charge in [-0.2, -0.15) is 0 Å². The summed E-state index contributed by atoms with van der Waals surface area (Å²) >= 11 is 0. The molecule has 7 heteroatoms. The molecule has 2 atom stereocenters. The van der Waals surface area contributed by atoms with Crippen LogP contribution in [0, 0.1) is 16.0 Å². The Hall–Kier alpha value is -2.15. The maximum atomic E-state index is 11.5. The SMILES string of the molecule is COC(=O)c1ccc([N+](=O)[O-])c(N[C@H]2COC[C@H]2C)c1. The molecule has 1 heterocycles. The summed E-state index contributed by atoms with van der Waals surface area (Å²) in [5.74, 6) is -0.282. The molecule has 1 N–H and O–H groups in total. The lowest BCUT2D eigenvalue weighted by molar-refractivity contribution is -0.384. The van der Waals surface area contributed by atoms with E-state index in [2.05, 4.69) is 10.1 Å². The van der Waals surface area contributed by atoms with Crippen LogP contribution in [0.2, 0.25) is 0 Å². The Kier molecular flexibility index (Phi) is 4.19. The third-order valence-electron chi connectivity index (χ3n) is 3.32. The second-order valence-corrected chi connectivity index (χ2v) is 4.75. The van der Waals surface area contributed by atoms with Crippen LogP contribution in [0.25, 0.3) is 0 Å². The number of carbonyl (C=O) groups excluding carboxylic acids is 1. The third kappa shape index (κ3) is 2.88. The molecule has 1 aromatic rings. The maximum Gasteiger partial charge on any atom is 0.337 e. The van der Waals surface area contributed by atoms with Gasteiger partial charge in [-0.15, -0.1) is 0 Å². The molecule has 1 fully saturated rings. The highest BCUT2D eigenvalue weighted by Gasteiger charge is 2.27. The van der Waals surface area contributed by atoms with Crippen molar-refractivity contribution in [1.29, 1.82) is 0 Å². The van der Waals surface area contributed by atoms with E-state index >= 15 is 0 Å². The fourth-order valence-electron chi connectivity index (χ4n) is 2.10. The molecule has 7 nitrogen and oxygen atoms in total. The molecule has 1 aliphatic heterocycles. The molecule has 1 aliphatic rings. The number of methoxy groups -OCH3 is 1. The molecule has 0 saturated carbocycles. The van der Waals surface area contributed by atoms with Crippen LogP contribution in [0.15, 0.2) is 18.2 Å². The molecule has 0 amide bonds. The second kappa shape index (κ2) is 5.87. The van der Waals surface area contributed by atoms with E-state index in [1.54, 1.807) is 0 Å². The van der Waals surface area contributed by atoms with Gasteiger partial charge >= 0.3 is 5.97 Å². The minimum atomic E-state index is -0.529. The van der Waals surface area contributed by atoms with E-state index in [0.29, 0.717) is 18.9 Å². The Bertz CT molecular complexity index is 531. The molecule has 108 valence electrons. The van der Waals surface area contributed by atoms with Crippen molar-refractivity contribution in [3.8, 4) is 0 Å². The molecule has 20 heavy (non-hydrogen) atoms. The van der Waals surface area contributed by atoms with Crippen LogP contribution in [-0.4, -0.2) is 37.3 Å². The van der Waals surface area contributed by atoms with Crippen LogP contribution < -0.4 is 5.32 Å². The summed E-state index contributed by atoms with van der Waals surface area (Å²) in [6.45, 7) is 3.10. The molecular weight excluding hydrogens is 264 g/mol. The largest absolute Gasteiger partial charge is 0.465 e. The number of ether oxygens (including phenoxy) is 2. The van der Waals surface area contributed by atoms with E-state index in [0.717, 1.165) is 0 Å². The summed E-state index contributed by atoms with van der Waals surface area (Å²) in [5, 5.41) is 14.1. The lowest BCUT2D eigenvalue weighted by Crippen LogP contribution is -2.26. The molecular formula is C13H16N2O5. The highest BCUT2D eigenvalue weighted by atomic mass is 16.6. The smallest absolute Gasteiger partial charge is 0.337 e. The summed E-state index contributed by atoms with van der Waals surface area (Å²) in [6, 6.07) is 4.11. The summed E-state index contributed by atoms with van der Waals surface area (Å²) in [5.41, 5.74) is 0.504. The van der Waals surface area contributed by atoms with Gasteiger partial charge in [0.15, 0.2) is 0 Å². The van der Waals surface area contributed by atoms with E-state index in [-0.39, 0.29) is 23.2 Å². The number of rotatable bonds is 4. The minimum absolute atomic E-state index is 0.0124. The number of hydrogen-bond acceptors (Lipinski definition) is 6. The molecule has 0 unspecified atom stereocenters. The Balaban J connectivity index is 2.31. The molecule has 0 bridgehead atoms. The number of nitrogens with zero attached hydrogens (tertiary/aromatic N) is 1. The lowest BCUT2D eigenvalue weighted by Gasteiger charge is -2.17. The quantitative estimate of drug-likeness (QED) is 0.514. The van der Waals surface area contributed by atoms with Gasteiger partial charge in [0, 0.05) is 12.0 Å². The number of esters is 1. The zero-order valence-electron chi connectivity index (χ0n) is 11.3. The molecule has 0 aromatic heterocycles. The van der Waals surface area contributed by atoms with Crippen LogP contribution in [0.3, 0.4) is 0 Å². The van der Waals surface area contributed by atoms with Crippen molar-refractivity contribution in [2.75, 3.05) is 25.6 Å². The van der Waals surface area contributed by atoms with Gasteiger partial charge in [-0.1, -0.05) is 6.92 Å². The minimum Gasteiger partial charge on any atom is -0.465 e. The van der Waals surface area contributed by atoms with Gasteiger partial charge in [0.25, 0.3) is 5.69 Å². The van der Waals surface area contributed by atoms with Crippen LogP contribution in [-0.2, 0) is 9.47 Å². The maximum absolute atomic E-state index is 11.5. The van der Waals surface area contributed by atoms with Gasteiger partial charge in [-0.3, -0.25) is 10.1 Å². The Morgan fingerprint density at radius 3 is 2.80 bits per heavy atom. The number of benzene rings is 1. The van der Waals surface area contributed by atoms with Crippen molar-refractivity contribution >= 4 is 17.3 Å². The highest BCUT2D eigenvalue weighted by Crippen LogP contribution is 2.28. The van der Waals surface area contributed by atoms with Crippen LogP contribution in [0.1, 0.15) is 17.3 Å². The Morgan fingerprint density at radius 1 is 1.50 bits per heavy atom. The first kappa shape index (κ1) is 14.3. The van der Waals surface area contributed by atoms with Gasteiger partial charge in [0.05, 0.1) is 36.9 Å². The van der Waals surface area contributed by atoms with Crippen molar-refractivity contribution in [3.63, 3.8) is 0 Å². The normalized spacial score (nSPS) is 21.5. The van der Waals surface area contributed by atoms with E-state index in [4.69, 9.17) is 4.74 Å². The number of anilines is 1. The van der Waals surface area contributed by atoms with Crippen molar-refractivity contribution in [1.82, 2.24) is 0 Å². The molecule has 0 radical (unpaired) electrons. The molecule has 0 aliphatic carbocycles. The molecule has 1 aromatic carbocycles. The topological polar surface area (TPSA) is 90.7 Å². The molecule has 2 rings (SSSR count). The van der Waals surface area contributed by atoms with Crippen molar-refractivity contribution in [3.05, 3.63) is 33.9 Å². The Morgan fingerprint density at radius 2 is 2.25 bits per heavy atom. The van der Waals surface area contributed by atoms with Gasteiger partial charge in [0.2, 0.25) is 0 Å². The van der Waals surface area contributed by atoms with Gasteiger partial charge in [-0.25, -0.2) is 4.79 Å². The highest BCUT2D eigenvalue weighted by molar-refractivity contribution is 5.91. The lowest BCUT2D eigenvalue weighted by atomic mass is 10.1. The summed E-state index contributed by atoms with van der Waals surface area (Å²) < 4.78 is 9.94. The van der Waals surface area contributed by atoms with Crippen LogP contribution in [0.5, 0.6) is 0 Å². The van der Waals surface area contributed by atoms with Gasteiger partial charge in [-0.05, 0) is 12.1 Å². The number of carbonyl (C=O) groups is 1. The number of nitro benzene ring substituents is 1. The van der Waals surface area contributed by atoms with Gasteiger partial charge < -0.3 is 14.8 Å². The predicted octanol–water partition coefficient (Wildman–Crippen LogP) is 1.83. The van der Waals surface area contributed by atoms with E-state index in [9.17, 15) is 14.9 Å². The first-order valence-corrected chi connectivity index (χ1v) is 6.24. The monoisotopic (exact) mass is 280 g/mol. The fraction of sp³-hybridized carbons (Fsp3) is 0.462. The second-order valence-electron chi connectivity index (χ2n) is 4.75. The average Bonchev–Trinajstić information content (AvgIpc) is 2.83. The number of nitro groups is 1. The van der Waals surface area contributed by atoms with Crippen molar-refractivity contribution in [2.45, 2.75) is 13.0 Å². The zero-order chi connectivity index (χ0) is 14.7. The summed E-state index contributed by atoms with van der Waals surface area (Å²) in [7, 11) is 1.27. The molecule has 1 saturated heterocycles. The van der Waals surface area contributed by atoms with E-state index < -0.39 is 10.9 Å². The first-order valence-electron chi connectivity index (χ1n) is 6.24. The van der Waals surface area contributed by atoms with Crippen molar-refractivity contribution < 1.29 is 19.2 Å². The number of nitrogens with one attached hydrogen (secondary N) is 1. The van der Waals surface area contributed by atoms with Crippen LogP contribution in [0.4, 0.5) is 11.4 Å². The average molecular weight is 280 g/mol. The fourth-order valence-corrected chi connectivity index (χ4v) is 2.10. The first-order chi connectivity index (χ1) is 9.52. The zero-order valence-corrected chi connectivity index (χ0v) is 11.3. The van der Waals surface area contributed by atoms with Crippen LogP contribution >= 0.6 is 0 Å². The molecule has 0 spiro atoms. The van der Waals surface area contributed by atoms with E-state index in [1.165, 1.54) is 25.3 Å². The Labute approximate surface area is 116 Å². The van der Waals surface area contributed by atoms with Gasteiger partial charge in [0.1, 0.15) is 5.69 Å². The standard InChI is InChI=1S/C13H16N2O5/c1-8-6-20-7-11(8)14-10-5-9(13(16)19-2)3-4-12(10)15(17)18/h3-5,8,11,14H,6-7H2,1-2H3/t8-,11+/m1/s1. The third-order valence-corrected chi connectivity index (χ3v) is 3.32. The summed E-state index contributed by atoms with van der Waals surface area (Å²) in [4.78, 5) is 22.1. The van der Waals surface area contributed by atoms with Crippen molar-refractivity contribution in [2.24, 2.45) is 5.92 Å². The number of hydrogen-bond donors (Lipinski definition) is 1. The van der Waals surface area contributed by atoms with E-state index in [1.807, 2.05) is 6.92 Å². The predicted molar refractivity (Wildman–Crippen MR) is 71.8 cm³/mol. The summed E-state index contributed by atoms with van der Waals surface area (Å²) in [6.07, 6.45) is 0.